The summed E-state index contributed by atoms with van der Waals surface area (Å²) in [6, 6.07) is 8.19. The Kier molecular flexibility index (Phi) is 7.36. The second-order valence-corrected chi connectivity index (χ2v) is 5.57. The molecule has 0 spiro atoms. The zero-order valence-electron chi connectivity index (χ0n) is 13.3. The summed E-state index contributed by atoms with van der Waals surface area (Å²) in [6.07, 6.45) is 2.75. The Bertz CT molecular complexity index is 459. The average Bonchev–Trinajstić information content (AvgIpc) is 2.57. The second kappa shape index (κ2) is 9.56. The fourth-order valence-corrected chi connectivity index (χ4v) is 2.41. The first-order valence-corrected chi connectivity index (χ1v) is 7.96. The van der Waals surface area contributed by atoms with Gasteiger partial charge in [-0.3, -0.25) is 4.79 Å². The van der Waals surface area contributed by atoms with Crippen LogP contribution in [0.2, 0.25) is 0 Å². The van der Waals surface area contributed by atoms with Crippen molar-refractivity contribution >= 4 is 5.91 Å². The lowest BCUT2D eigenvalue weighted by Gasteiger charge is -2.22. The first-order valence-electron chi connectivity index (χ1n) is 7.96. The van der Waals surface area contributed by atoms with E-state index in [0.29, 0.717) is 32.2 Å². The van der Waals surface area contributed by atoms with Crippen LogP contribution in [0.5, 0.6) is 0 Å². The van der Waals surface area contributed by atoms with Crippen LogP contribution in [0.4, 0.5) is 0 Å². The van der Waals surface area contributed by atoms with Crippen LogP contribution in [0.15, 0.2) is 24.3 Å². The number of hydrogen-bond donors (Lipinski definition) is 2. The normalized spacial score (nSPS) is 15.7. The van der Waals surface area contributed by atoms with Gasteiger partial charge in [-0.1, -0.05) is 24.3 Å². The summed E-state index contributed by atoms with van der Waals surface area (Å²) >= 11 is 0. The number of hydrogen-bond acceptors (Lipinski definition) is 4. The van der Waals surface area contributed by atoms with E-state index in [9.17, 15) is 4.79 Å². The molecular weight excluding hydrogens is 280 g/mol. The molecule has 1 saturated heterocycles. The molecule has 0 bridgehead atoms. The molecule has 2 N–H and O–H groups in total. The standard InChI is InChI=1S/C17H26N2O3/c1-18-8-5-17(20)19-12-14-3-2-4-15(11-14)13-22-16-6-9-21-10-7-16/h2-4,11,16,18H,5-10,12-13H2,1H3,(H,19,20). The Balaban J connectivity index is 1.75. The Morgan fingerprint density at radius 3 is 2.86 bits per heavy atom. The van der Waals surface area contributed by atoms with Gasteiger partial charge in [-0.15, -0.1) is 0 Å². The Hall–Kier alpha value is -1.43. The number of nitrogens with one attached hydrogen (secondary N) is 2. The van der Waals surface area contributed by atoms with Gasteiger partial charge in [-0.2, -0.15) is 0 Å². The average molecular weight is 306 g/mol. The molecule has 22 heavy (non-hydrogen) atoms. The van der Waals surface area contributed by atoms with Gasteiger partial charge in [0.2, 0.25) is 5.91 Å². The lowest BCUT2D eigenvalue weighted by Crippen LogP contribution is -2.26. The van der Waals surface area contributed by atoms with Crippen molar-refractivity contribution < 1.29 is 14.3 Å². The molecule has 0 aliphatic carbocycles. The maximum atomic E-state index is 11.6. The molecule has 2 rings (SSSR count). The molecule has 1 aliphatic rings. The highest BCUT2D eigenvalue weighted by Gasteiger charge is 2.14. The largest absolute Gasteiger partial charge is 0.381 e. The molecule has 122 valence electrons. The lowest BCUT2D eigenvalue weighted by atomic mass is 10.1. The van der Waals surface area contributed by atoms with Crippen LogP contribution in [-0.4, -0.2) is 38.8 Å². The third kappa shape index (κ3) is 6.13. The SMILES string of the molecule is CNCCC(=O)NCc1cccc(COC2CCOCC2)c1. The van der Waals surface area contributed by atoms with Crippen molar-refractivity contribution in [3.05, 3.63) is 35.4 Å². The highest BCUT2D eigenvalue weighted by atomic mass is 16.5. The van der Waals surface area contributed by atoms with E-state index in [0.717, 1.165) is 37.2 Å². The predicted octanol–water partition coefficient (Wildman–Crippen LogP) is 1.61. The minimum absolute atomic E-state index is 0.0678. The number of amides is 1. The van der Waals surface area contributed by atoms with E-state index in [4.69, 9.17) is 9.47 Å². The van der Waals surface area contributed by atoms with E-state index in [1.807, 2.05) is 19.2 Å². The van der Waals surface area contributed by atoms with E-state index in [1.165, 1.54) is 0 Å². The topological polar surface area (TPSA) is 59.6 Å². The third-order valence-electron chi connectivity index (χ3n) is 3.74. The number of ether oxygens (including phenoxy) is 2. The lowest BCUT2D eigenvalue weighted by molar-refractivity contribution is -0.121. The first kappa shape index (κ1) is 16.9. The van der Waals surface area contributed by atoms with E-state index >= 15 is 0 Å². The van der Waals surface area contributed by atoms with Gasteiger partial charge in [0.05, 0.1) is 12.7 Å². The monoisotopic (exact) mass is 306 g/mol. The van der Waals surface area contributed by atoms with Gasteiger partial charge in [0.15, 0.2) is 0 Å². The summed E-state index contributed by atoms with van der Waals surface area (Å²) in [6.45, 7) is 3.47. The fraction of sp³-hybridized carbons (Fsp3) is 0.588. The van der Waals surface area contributed by atoms with Crippen molar-refractivity contribution in [2.45, 2.75) is 38.5 Å². The summed E-state index contributed by atoms with van der Waals surface area (Å²) in [5, 5.41) is 5.90. The highest BCUT2D eigenvalue weighted by Crippen LogP contribution is 2.14. The summed E-state index contributed by atoms with van der Waals surface area (Å²) < 4.78 is 11.3. The molecule has 0 radical (unpaired) electrons. The third-order valence-corrected chi connectivity index (χ3v) is 3.74. The minimum atomic E-state index is 0.0678. The summed E-state index contributed by atoms with van der Waals surface area (Å²) in [5.74, 6) is 0.0678. The Morgan fingerprint density at radius 1 is 1.32 bits per heavy atom. The number of rotatable bonds is 8. The van der Waals surface area contributed by atoms with Crippen molar-refractivity contribution in [1.82, 2.24) is 10.6 Å². The molecule has 5 nitrogen and oxygen atoms in total. The molecule has 0 aromatic heterocycles. The van der Waals surface area contributed by atoms with Crippen molar-refractivity contribution in [1.29, 1.82) is 0 Å². The van der Waals surface area contributed by atoms with Gasteiger partial charge in [0.1, 0.15) is 0 Å². The van der Waals surface area contributed by atoms with Crippen molar-refractivity contribution in [2.24, 2.45) is 0 Å². The predicted molar refractivity (Wildman–Crippen MR) is 85.5 cm³/mol. The molecule has 1 aliphatic heterocycles. The Morgan fingerprint density at radius 2 is 2.09 bits per heavy atom. The molecule has 1 heterocycles. The van der Waals surface area contributed by atoms with Gasteiger partial charge in [0.25, 0.3) is 0 Å². The maximum Gasteiger partial charge on any atom is 0.221 e. The van der Waals surface area contributed by atoms with E-state index in [1.54, 1.807) is 0 Å². The van der Waals surface area contributed by atoms with Crippen LogP contribution < -0.4 is 10.6 Å². The molecule has 1 amide bonds. The van der Waals surface area contributed by atoms with Crippen molar-refractivity contribution in [3.63, 3.8) is 0 Å². The number of benzene rings is 1. The smallest absolute Gasteiger partial charge is 0.221 e. The molecule has 1 aromatic rings. The first-order chi connectivity index (χ1) is 10.8. The summed E-state index contributed by atoms with van der Waals surface area (Å²) in [4.78, 5) is 11.6. The fourth-order valence-electron chi connectivity index (χ4n) is 2.41. The molecule has 1 fully saturated rings. The zero-order chi connectivity index (χ0) is 15.6. The van der Waals surface area contributed by atoms with Gasteiger partial charge < -0.3 is 20.1 Å². The number of carbonyl (C=O) groups is 1. The van der Waals surface area contributed by atoms with E-state index in [-0.39, 0.29) is 5.91 Å². The quantitative estimate of drug-likeness (QED) is 0.766. The van der Waals surface area contributed by atoms with Crippen LogP contribution >= 0.6 is 0 Å². The van der Waals surface area contributed by atoms with Crippen LogP contribution in [0.25, 0.3) is 0 Å². The van der Waals surface area contributed by atoms with Crippen molar-refractivity contribution in [3.8, 4) is 0 Å². The minimum Gasteiger partial charge on any atom is -0.381 e. The van der Waals surface area contributed by atoms with Crippen LogP contribution in [0, 0.1) is 0 Å². The molecule has 5 heteroatoms. The summed E-state index contributed by atoms with van der Waals surface area (Å²) in [5.41, 5.74) is 2.25. The van der Waals surface area contributed by atoms with Crippen molar-refractivity contribution in [2.75, 3.05) is 26.8 Å². The maximum absolute atomic E-state index is 11.6. The summed E-state index contributed by atoms with van der Waals surface area (Å²) in [7, 11) is 1.84. The van der Waals surface area contributed by atoms with E-state index in [2.05, 4.69) is 22.8 Å². The molecular formula is C17H26N2O3. The van der Waals surface area contributed by atoms with Gasteiger partial charge in [-0.25, -0.2) is 0 Å². The highest BCUT2D eigenvalue weighted by molar-refractivity contribution is 5.76. The second-order valence-electron chi connectivity index (χ2n) is 5.57. The van der Waals surface area contributed by atoms with Gasteiger partial charge in [-0.05, 0) is 31.0 Å². The molecule has 1 aromatic carbocycles. The molecule has 0 saturated carbocycles. The van der Waals surface area contributed by atoms with Crippen LogP contribution in [0.3, 0.4) is 0 Å². The van der Waals surface area contributed by atoms with Gasteiger partial charge in [0, 0.05) is 32.7 Å². The Labute approximate surface area is 132 Å². The zero-order valence-corrected chi connectivity index (χ0v) is 13.3. The molecule has 0 unspecified atom stereocenters. The molecule has 0 atom stereocenters. The van der Waals surface area contributed by atoms with Gasteiger partial charge >= 0.3 is 0 Å². The van der Waals surface area contributed by atoms with Crippen LogP contribution in [-0.2, 0) is 27.4 Å². The number of carbonyl (C=O) groups excluding carboxylic acids is 1. The van der Waals surface area contributed by atoms with E-state index < -0.39 is 0 Å². The van der Waals surface area contributed by atoms with Crippen LogP contribution in [0.1, 0.15) is 30.4 Å².